The van der Waals surface area contributed by atoms with Crippen LogP contribution in [0.2, 0.25) is 0 Å². The number of benzene rings is 2. The van der Waals surface area contributed by atoms with E-state index in [2.05, 4.69) is 34.9 Å². The molecule has 2 aliphatic rings. The van der Waals surface area contributed by atoms with Crippen molar-refractivity contribution in [2.45, 2.75) is 24.7 Å². The fraction of sp³-hybridized carbons (Fsp3) is 0.333. The van der Waals surface area contributed by atoms with Crippen molar-refractivity contribution in [1.29, 1.82) is 0 Å². The summed E-state index contributed by atoms with van der Waals surface area (Å²) in [5.74, 6) is -0.0652. The Bertz CT molecular complexity index is 798. The Morgan fingerprint density at radius 2 is 1.81 bits per heavy atom. The van der Waals surface area contributed by atoms with Gasteiger partial charge in [0.25, 0.3) is 5.91 Å². The Balaban J connectivity index is 1.41. The lowest BCUT2D eigenvalue weighted by atomic mass is 9.64. The summed E-state index contributed by atoms with van der Waals surface area (Å²) in [6.45, 7) is 1.97. The largest absolute Gasteiger partial charge is 0.351 e. The van der Waals surface area contributed by atoms with Crippen LogP contribution in [0.3, 0.4) is 0 Å². The van der Waals surface area contributed by atoms with Gasteiger partial charge in [0.1, 0.15) is 0 Å². The lowest BCUT2D eigenvalue weighted by molar-refractivity contribution is 0.0928. The number of hydrogen-bond donors (Lipinski definition) is 2. The van der Waals surface area contributed by atoms with Crippen LogP contribution in [0.5, 0.6) is 0 Å². The molecule has 5 nitrogen and oxygen atoms in total. The Morgan fingerprint density at radius 1 is 1.08 bits per heavy atom. The van der Waals surface area contributed by atoms with Crippen LogP contribution in [-0.4, -0.2) is 31.6 Å². The molecule has 1 saturated heterocycles. The molecule has 2 N–H and O–H groups in total. The van der Waals surface area contributed by atoms with Gasteiger partial charge < -0.3 is 10.6 Å². The number of carbonyl (C=O) groups is 2. The van der Waals surface area contributed by atoms with Crippen LogP contribution >= 0.6 is 0 Å². The minimum atomic E-state index is -0.0861. The average molecular weight is 349 g/mol. The molecular formula is C21H23N3O2. The first-order valence-electron chi connectivity index (χ1n) is 9.17. The number of hydrogen-bond acceptors (Lipinski definition) is 2. The van der Waals surface area contributed by atoms with Gasteiger partial charge in [0.05, 0.1) is 0 Å². The molecule has 3 amide bonds. The normalized spacial score (nSPS) is 18.2. The summed E-state index contributed by atoms with van der Waals surface area (Å²) in [6, 6.07) is 17.6. The zero-order valence-electron chi connectivity index (χ0n) is 14.7. The second-order valence-corrected chi connectivity index (χ2v) is 7.11. The Labute approximate surface area is 153 Å². The molecule has 2 aromatic carbocycles. The second kappa shape index (κ2) is 6.83. The van der Waals surface area contributed by atoms with E-state index in [4.69, 9.17) is 0 Å². The lowest BCUT2D eigenvalue weighted by Gasteiger charge is -2.42. The highest BCUT2D eigenvalue weighted by Crippen LogP contribution is 2.43. The minimum absolute atomic E-state index is 0.0652. The monoisotopic (exact) mass is 349 g/mol. The predicted molar refractivity (Wildman–Crippen MR) is 101 cm³/mol. The molecule has 1 saturated carbocycles. The molecule has 2 aromatic rings. The summed E-state index contributed by atoms with van der Waals surface area (Å²) in [7, 11) is 0. The van der Waals surface area contributed by atoms with Gasteiger partial charge >= 0.3 is 6.03 Å². The zero-order valence-corrected chi connectivity index (χ0v) is 14.7. The van der Waals surface area contributed by atoms with Crippen LogP contribution in [0.4, 0.5) is 10.5 Å². The lowest BCUT2D eigenvalue weighted by Crippen LogP contribution is -2.45. The molecule has 0 unspecified atom stereocenters. The van der Waals surface area contributed by atoms with Crippen LogP contribution < -0.4 is 15.5 Å². The summed E-state index contributed by atoms with van der Waals surface area (Å²) < 4.78 is 0. The van der Waals surface area contributed by atoms with Gasteiger partial charge in [0, 0.05) is 36.3 Å². The molecule has 1 heterocycles. The van der Waals surface area contributed by atoms with Crippen molar-refractivity contribution in [2.75, 3.05) is 24.5 Å². The molecule has 0 spiro atoms. The quantitative estimate of drug-likeness (QED) is 0.871. The molecule has 0 atom stereocenters. The second-order valence-electron chi connectivity index (χ2n) is 7.11. The number of nitrogens with one attached hydrogen (secondary N) is 2. The summed E-state index contributed by atoms with van der Waals surface area (Å²) in [4.78, 5) is 26.0. The van der Waals surface area contributed by atoms with Gasteiger partial charge in [0.15, 0.2) is 0 Å². The van der Waals surface area contributed by atoms with E-state index in [0.717, 1.165) is 18.5 Å². The standard InChI is InChI=1S/C21H23N3O2/c25-19(16-7-9-18(10-8-16)24-14-13-22-20(24)26)23-15-21(11-4-12-21)17-5-2-1-3-6-17/h1-3,5-10H,4,11-15H2,(H,22,26)(H,23,25). The predicted octanol–water partition coefficient (Wildman–Crippen LogP) is 3.07. The smallest absolute Gasteiger partial charge is 0.321 e. The van der Waals surface area contributed by atoms with Crippen LogP contribution in [0, 0.1) is 0 Å². The van der Waals surface area contributed by atoms with E-state index < -0.39 is 0 Å². The van der Waals surface area contributed by atoms with Crippen molar-refractivity contribution in [3.63, 3.8) is 0 Å². The van der Waals surface area contributed by atoms with E-state index in [-0.39, 0.29) is 17.4 Å². The highest BCUT2D eigenvalue weighted by Gasteiger charge is 2.38. The van der Waals surface area contributed by atoms with E-state index in [9.17, 15) is 9.59 Å². The van der Waals surface area contributed by atoms with Crippen LogP contribution in [0.15, 0.2) is 54.6 Å². The molecule has 0 radical (unpaired) electrons. The van der Waals surface area contributed by atoms with Gasteiger partial charge in [-0.3, -0.25) is 9.69 Å². The Morgan fingerprint density at radius 3 is 2.38 bits per heavy atom. The summed E-state index contributed by atoms with van der Waals surface area (Å²) in [6.07, 6.45) is 3.43. The van der Waals surface area contributed by atoms with Gasteiger partial charge in [-0.1, -0.05) is 36.8 Å². The number of anilines is 1. The molecule has 0 aromatic heterocycles. The van der Waals surface area contributed by atoms with E-state index >= 15 is 0 Å². The van der Waals surface area contributed by atoms with Gasteiger partial charge in [0.2, 0.25) is 0 Å². The van der Waals surface area contributed by atoms with Gasteiger partial charge in [-0.25, -0.2) is 4.79 Å². The van der Waals surface area contributed by atoms with Crippen molar-refractivity contribution in [3.8, 4) is 0 Å². The van der Waals surface area contributed by atoms with Crippen LogP contribution in [0.25, 0.3) is 0 Å². The van der Waals surface area contributed by atoms with Crippen molar-refractivity contribution >= 4 is 17.6 Å². The summed E-state index contributed by atoms with van der Waals surface area (Å²) >= 11 is 0. The Kier molecular flexibility index (Phi) is 4.37. The maximum absolute atomic E-state index is 12.6. The number of carbonyl (C=O) groups excluding carboxylic acids is 2. The van der Waals surface area contributed by atoms with E-state index in [1.54, 1.807) is 17.0 Å². The first-order chi connectivity index (χ1) is 12.7. The van der Waals surface area contributed by atoms with Crippen molar-refractivity contribution in [1.82, 2.24) is 10.6 Å². The number of amides is 3. The third kappa shape index (κ3) is 3.05. The maximum atomic E-state index is 12.6. The first-order valence-corrected chi connectivity index (χ1v) is 9.17. The zero-order chi connectivity index (χ0) is 18.0. The molecule has 26 heavy (non-hydrogen) atoms. The number of urea groups is 1. The Hall–Kier alpha value is -2.82. The fourth-order valence-electron chi connectivity index (χ4n) is 3.83. The average Bonchev–Trinajstić information content (AvgIpc) is 3.08. The van der Waals surface area contributed by atoms with Crippen LogP contribution in [-0.2, 0) is 5.41 Å². The minimum Gasteiger partial charge on any atom is -0.351 e. The maximum Gasteiger partial charge on any atom is 0.321 e. The summed E-state index contributed by atoms with van der Waals surface area (Å²) in [5.41, 5.74) is 2.82. The third-order valence-corrected chi connectivity index (χ3v) is 5.58. The number of nitrogens with zero attached hydrogens (tertiary/aromatic N) is 1. The van der Waals surface area contributed by atoms with E-state index in [0.29, 0.717) is 25.2 Å². The number of rotatable bonds is 5. The van der Waals surface area contributed by atoms with E-state index in [1.807, 2.05) is 18.2 Å². The fourth-order valence-corrected chi connectivity index (χ4v) is 3.83. The molecule has 0 bridgehead atoms. The molecule has 1 aliphatic heterocycles. The van der Waals surface area contributed by atoms with Crippen molar-refractivity contribution in [3.05, 3.63) is 65.7 Å². The van der Waals surface area contributed by atoms with Gasteiger partial charge in [-0.2, -0.15) is 0 Å². The van der Waals surface area contributed by atoms with Crippen molar-refractivity contribution < 1.29 is 9.59 Å². The topological polar surface area (TPSA) is 61.4 Å². The molecule has 134 valence electrons. The first kappa shape index (κ1) is 16.6. The van der Waals surface area contributed by atoms with Gasteiger partial charge in [-0.05, 0) is 42.7 Å². The SMILES string of the molecule is O=C(NCC1(c2ccccc2)CCC1)c1ccc(N2CCNC2=O)cc1. The molecular weight excluding hydrogens is 326 g/mol. The highest BCUT2D eigenvalue weighted by atomic mass is 16.2. The summed E-state index contributed by atoms with van der Waals surface area (Å²) in [5, 5.41) is 5.88. The molecule has 4 rings (SSSR count). The van der Waals surface area contributed by atoms with Crippen molar-refractivity contribution in [2.24, 2.45) is 0 Å². The van der Waals surface area contributed by atoms with E-state index in [1.165, 1.54) is 12.0 Å². The highest BCUT2D eigenvalue weighted by molar-refractivity contribution is 5.97. The molecule has 2 fully saturated rings. The van der Waals surface area contributed by atoms with Crippen LogP contribution in [0.1, 0.15) is 35.2 Å². The van der Waals surface area contributed by atoms with Gasteiger partial charge in [-0.15, -0.1) is 0 Å². The molecule has 1 aliphatic carbocycles. The molecule has 5 heteroatoms. The third-order valence-electron chi connectivity index (χ3n) is 5.58.